The summed E-state index contributed by atoms with van der Waals surface area (Å²) in [4.78, 5) is 35.6. The van der Waals surface area contributed by atoms with E-state index in [0.717, 1.165) is 32.4 Å². The van der Waals surface area contributed by atoms with Crippen LogP contribution in [0.1, 0.15) is 19.3 Å². The van der Waals surface area contributed by atoms with E-state index >= 15 is 0 Å². The zero-order valence-corrected chi connectivity index (χ0v) is 8.28. The highest BCUT2D eigenvalue weighted by Crippen LogP contribution is 2.13. The molecule has 0 radical (unpaired) electrons. The number of urea groups is 1. The summed E-state index contributed by atoms with van der Waals surface area (Å²) in [6, 6.07) is -1.55. The highest BCUT2D eigenvalue weighted by atomic mass is 16.2. The fourth-order valence-corrected chi connectivity index (χ4v) is 2.02. The minimum absolute atomic E-state index is 0.509. The number of hydrogen-bond donors (Lipinski definition) is 2. The molecule has 82 valence electrons. The number of likely N-dealkylation sites (tertiary alicyclic amines) is 1. The van der Waals surface area contributed by atoms with Crippen molar-refractivity contribution in [2.45, 2.75) is 25.3 Å². The molecule has 15 heavy (non-hydrogen) atoms. The van der Waals surface area contributed by atoms with E-state index in [4.69, 9.17) is 0 Å². The van der Waals surface area contributed by atoms with Crippen molar-refractivity contribution in [3.05, 3.63) is 0 Å². The molecule has 6 heteroatoms. The van der Waals surface area contributed by atoms with Crippen LogP contribution in [-0.2, 0) is 9.59 Å². The maximum Gasteiger partial charge on any atom is 0.328 e. The summed E-state index contributed by atoms with van der Waals surface area (Å²) < 4.78 is 0. The topological polar surface area (TPSA) is 78.5 Å². The quantitative estimate of drug-likeness (QED) is 0.557. The van der Waals surface area contributed by atoms with Crippen LogP contribution in [0.25, 0.3) is 0 Å². The molecule has 0 unspecified atom stereocenters. The summed E-state index contributed by atoms with van der Waals surface area (Å²) in [5.74, 6) is -1.02. The Balaban J connectivity index is 2.09. The smallest absolute Gasteiger partial charge is 0.284 e. The van der Waals surface area contributed by atoms with Crippen LogP contribution in [0.3, 0.4) is 0 Å². The molecule has 0 aliphatic carbocycles. The largest absolute Gasteiger partial charge is 0.328 e. The molecule has 0 bridgehead atoms. The van der Waals surface area contributed by atoms with E-state index in [1.165, 1.54) is 0 Å². The first-order valence-corrected chi connectivity index (χ1v) is 5.08. The highest BCUT2D eigenvalue weighted by Gasteiger charge is 2.38. The number of imide groups is 2. The van der Waals surface area contributed by atoms with Crippen molar-refractivity contribution in [2.24, 2.45) is 0 Å². The lowest BCUT2D eigenvalue weighted by Gasteiger charge is -2.34. The van der Waals surface area contributed by atoms with Crippen molar-refractivity contribution in [3.63, 3.8) is 0 Å². The first-order valence-electron chi connectivity index (χ1n) is 5.08. The molecule has 2 rings (SSSR count). The van der Waals surface area contributed by atoms with E-state index in [0.29, 0.717) is 0 Å². The number of nitrogens with one attached hydrogen (secondary N) is 2. The van der Waals surface area contributed by atoms with Gasteiger partial charge in [0.05, 0.1) is 0 Å². The van der Waals surface area contributed by atoms with Crippen LogP contribution < -0.4 is 10.6 Å². The maximum atomic E-state index is 11.5. The van der Waals surface area contributed by atoms with Crippen molar-refractivity contribution < 1.29 is 14.4 Å². The zero-order chi connectivity index (χ0) is 10.8. The molecule has 0 aromatic rings. The third kappa shape index (κ3) is 1.99. The van der Waals surface area contributed by atoms with Gasteiger partial charge in [0.15, 0.2) is 6.04 Å². The molecular weight excluding hydrogens is 198 g/mol. The lowest BCUT2D eigenvalue weighted by molar-refractivity contribution is -0.138. The summed E-state index contributed by atoms with van der Waals surface area (Å²) in [7, 11) is 0. The predicted molar refractivity (Wildman–Crippen MR) is 50.9 cm³/mol. The van der Waals surface area contributed by atoms with Gasteiger partial charge < -0.3 is 0 Å². The lowest BCUT2D eigenvalue weighted by Crippen LogP contribution is -2.64. The normalized spacial score (nSPS) is 24.9. The van der Waals surface area contributed by atoms with E-state index in [1.54, 1.807) is 0 Å². The second kappa shape index (κ2) is 3.98. The predicted octanol–water partition coefficient (Wildman–Crippen LogP) is -0.793. The number of carbonyl (C=O) groups excluding carboxylic acids is 3. The molecule has 0 atom stereocenters. The lowest BCUT2D eigenvalue weighted by atomic mass is 10.1. The zero-order valence-electron chi connectivity index (χ0n) is 8.28. The molecular formula is C9H13N3O3. The Morgan fingerprint density at radius 2 is 1.47 bits per heavy atom. The summed E-state index contributed by atoms with van der Waals surface area (Å²) >= 11 is 0. The van der Waals surface area contributed by atoms with Gasteiger partial charge in [-0.1, -0.05) is 6.42 Å². The molecule has 6 nitrogen and oxygen atoms in total. The monoisotopic (exact) mass is 211 g/mol. The Labute approximate surface area is 87.0 Å². The van der Waals surface area contributed by atoms with Gasteiger partial charge in [-0.3, -0.25) is 25.1 Å². The van der Waals surface area contributed by atoms with E-state index in [1.807, 2.05) is 4.90 Å². The van der Waals surface area contributed by atoms with E-state index in [2.05, 4.69) is 10.6 Å². The average molecular weight is 211 g/mol. The molecule has 2 aliphatic rings. The fourth-order valence-electron chi connectivity index (χ4n) is 2.02. The van der Waals surface area contributed by atoms with Crippen LogP contribution in [0.4, 0.5) is 4.79 Å². The van der Waals surface area contributed by atoms with E-state index in [-0.39, 0.29) is 0 Å². The number of hydrogen-bond acceptors (Lipinski definition) is 4. The van der Waals surface area contributed by atoms with E-state index < -0.39 is 23.9 Å². The van der Waals surface area contributed by atoms with Gasteiger partial charge in [-0.05, 0) is 25.9 Å². The Morgan fingerprint density at radius 3 is 2.00 bits per heavy atom. The number of nitrogens with zero attached hydrogens (tertiary/aromatic N) is 1. The van der Waals surface area contributed by atoms with Crippen molar-refractivity contribution >= 4 is 17.8 Å². The van der Waals surface area contributed by atoms with Gasteiger partial charge in [-0.25, -0.2) is 4.79 Å². The molecule has 2 heterocycles. The van der Waals surface area contributed by atoms with Crippen LogP contribution in [0.5, 0.6) is 0 Å². The van der Waals surface area contributed by atoms with Crippen LogP contribution in [0.15, 0.2) is 0 Å². The Bertz CT molecular complexity index is 290. The minimum atomic E-state index is -0.831. The third-order valence-electron chi connectivity index (χ3n) is 2.73. The summed E-state index contributed by atoms with van der Waals surface area (Å²) in [6.07, 6.45) is 3.11. The summed E-state index contributed by atoms with van der Waals surface area (Å²) in [5.41, 5.74) is 0. The molecule has 0 saturated carbocycles. The second-order valence-electron chi connectivity index (χ2n) is 3.81. The first kappa shape index (κ1) is 10.1. The fraction of sp³-hybridized carbons (Fsp3) is 0.667. The van der Waals surface area contributed by atoms with Crippen LogP contribution in [0, 0.1) is 0 Å². The molecule has 2 aliphatic heterocycles. The van der Waals surface area contributed by atoms with E-state index in [9.17, 15) is 14.4 Å². The van der Waals surface area contributed by atoms with Crippen molar-refractivity contribution in [1.29, 1.82) is 0 Å². The first-order chi connectivity index (χ1) is 7.18. The Morgan fingerprint density at radius 1 is 0.933 bits per heavy atom. The Hall–Kier alpha value is -1.43. The van der Waals surface area contributed by atoms with Gasteiger partial charge in [0.2, 0.25) is 0 Å². The van der Waals surface area contributed by atoms with Crippen molar-refractivity contribution in [1.82, 2.24) is 15.5 Å². The molecule has 4 amide bonds. The molecule has 0 aromatic heterocycles. The molecule has 2 N–H and O–H groups in total. The summed E-state index contributed by atoms with van der Waals surface area (Å²) in [6.45, 7) is 1.47. The van der Waals surface area contributed by atoms with Gasteiger partial charge in [-0.2, -0.15) is 0 Å². The number of piperidine rings is 1. The van der Waals surface area contributed by atoms with Crippen molar-refractivity contribution in [2.75, 3.05) is 13.1 Å². The maximum absolute atomic E-state index is 11.5. The molecule has 2 fully saturated rings. The minimum Gasteiger partial charge on any atom is -0.284 e. The second-order valence-corrected chi connectivity index (χ2v) is 3.81. The van der Waals surface area contributed by atoms with Gasteiger partial charge in [0.25, 0.3) is 11.8 Å². The van der Waals surface area contributed by atoms with Crippen LogP contribution in [0.2, 0.25) is 0 Å². The Kier molecular flexibility index (Phi) is 2.68. The molecule has 2 saturated heterocycles. The van der Waals surface area contributed by atoms with Crippen LogP contribution >= 0.6 is 0 Å². The third-order valence-corrected chi connectivity index (χ3v) is 2.73. The van der Waals surface area contributed by atoms with Gasteiger partial charge in [0.1, 0.15) is 0 Å². The van der Waals surface area contributed by atoms with Crippen LogP contribution in [-0.4, -0.2) is 41.9 Å². The molecule has 0 spiro atoms. The molecule has 0 aromatic carbocycles. The SMILES string of the molecule is O=C1NC(=O)C(N2CCCCC2)C(=O)N1. The number of rotatable bonds is 1. The van der Waals surface area contributed by atoms with Gasteiger partial charge >= 0.3 is 6.03 Å². The van der Waals surface area contributed by atoms with Gasteiger partial charge in [-0.15, -0.1) is 0 Å². The number of amides is 4. The van der Waals surface area contributed by atoms with Crippen molar-refractivity contribution in [3.8, 4) is 0 Å². The summed E-state index contributed by atoms with van der Waals surface area (Å²) in [5, 5.41) is 4.21. The number of barbiturate groups is 1. The van der Waals surface area contributed by atoms with Gasteiger partial charge in [0, 0.05) is 0 Å². The standard InChI is InChI=1S/C9H13N3O3/c13-7-6(8(14)11-9(15)10-7)12-4-2-1-3-5-12/h6H,1-5H2,(H2,10,11,13,14,15). The average Bonchev–Trinajstić information content (AvgIpc) is 2.17. The highest BCUT2D eigenvalue weighted by molar-refractivity contribution is 6.18. The number of carbonyl (C=O) groups is 3.